The minimum Gasteiger partial charge on any atom is -0.480 e. The van der Waals surface area contributed by atoms with Gasteiger partial charge in [-0.3, -0.25) is 4.79 Å². The molecule has 0 amide bonds. The van der Waals surface area contributed by atoms with Crippen LogP contribution in [0, 0.1) is 0 Å². The molecule has 1 aromatic carbocycles. The number of methoxy groups -OCH3 is 1. The van der Waals surface area contributed by atoms with Crippen molar-refractivity contribution in [2.75, 3.05) is 7.11 Å². The van der Waals surface area contributed by atoms with Gasteiger partial charge in [-0.2, -0.15) is 5.10 Å². The Morgan fingerprint density at radius 3 is 3.00 bits per heavy atom. The van der Waals surface area contributed by atoms with Gasteiger partial charge in [0.15, 0.2) is 5.82 Å². The Morgan fingerprint density at radius 2 is 2.32 bits per heavy atom. The van der Waals surface area contributed by atoms with Crippen LogP contribution in [0.15, 0.2) is 30.6 Å². The molecule has 2 rings (SSSR count). The van der Waals surface area contributed by atoms with E-state index in [1.807, 2.05) is 31.2 Å². The first-order valence-electron chi connectivity index (χ1n) is 5.84. The minimum absolute atomic E-state index is 0.0129. The summed E-state index contributed by atoms with van der Waals surface area (Å²) in [5, 5.41) is 12.8. The van der Waals surface area contributed by atoms with Gasteiger partial charge in [-0.1, -0.05) is 18.2 Å². The Hall–Kier alpha value is -2.21. The number of ether oxygens (including phenoxy) is 1. The highest BCUT2D eigenvalue weighted by atomic mass is 16.5. The van der Waals surface area contributed by atoms with Crippen LogP contribution in [0.4, 0.5) is 0 Å². The SMILES string of the molecule is CO[C@H](C)c1cccc(-c2ncn(CC(=O)O)n2)c1. The lowest BCUT2D eigenvalue weighted by Gasteiger charge is -2.10. The molecule has 1 aromatic heterocycles. The molecule has 0 spiro atoms. The second kappa shape index (κ2) is 5.62. The van der Waals surface area contributed by atoms with Gasteiger partial charge in [0.25, 0.3) is 0 Å². The van der Waals surface area contributed by atoms with Crippen LogP contribution < -0.4 is 0 Å². The molecular weight excluding hydrogens is 246 g/mol. The maximum Gasteiger partial charge on any atom is 0.325 e. The van der Waals surface area contributed by atoms with Gasteiger partial charge in [-0.25, -0.2) is 9.67 Å². The van der Waals surface area contributed by atoms with Crippen molar-refractivity contribution in [3.63, 3.8) is 0 Å². The highest BCUT2D eigenvalue weighted by Crippen LogP contribution is 2.21. The Morgan fingerprint density at radius 1 is 1.53 bits per heavy atom. The van der Waals surface area contributed by atoms with Crippen LogP contribution in [0.1, 0.15) is 18.6 Å². The monoisotopic (exact) mass is 261 g/mol. The summed E-state index contributed by atoms with van der Waals surface area (Å²) in [6, 6.07) is 7.69. The zero-order valence-corrected chi connectivity index (χ0v) is 10.8. The van der Waals surface area contributed by atoms with Gasteiger partial charge >= 0.3 is 5.97 Å². The van der Waals surface area contributed by atoms with E-state index in [2.05, 4.69) is 10.1 Å². The van der Waals surface area contributed by atoms with Crippen LogP contribution in [0.2, 0.25) is 0 Å². The molecule has 0 fully saturated rings. The van der Waals surface area contributed by atoms with E-state index in [-0.39, 0.29) is 12.6 Å². The first-order chi connectivity index (χ1) is 9.10. The van der Waals surface area contributed by atoms with Gasteiger partial charge in [0.1, 0.15) is 12.9 Å². The maximum absolute atomic E-state index is 10.6. The number of carboxylic acid groups (broad SMARTS) is 1. The zero-order chi connectivity index (χ0) is 13.8. The number of benzene rings is 1. The number of aliphatic carboxylic acids is 1. The molecule has 0 aliphatic rings. The highest BCUT2D eigenvalue weighted by Gasteiger charge is 2.09. The fourth-order valence-corrected chi connectivity index (χ4v) is 1.71. The van der Waals surface area contributed by atoms with Crippen LogP contribution in [0.3, 0.4) is 0 Å². The summed E-state index contributed by atoms with van der Waals surface area (Å²) in [7, 11) is 1.65. The smallest absolute Gasteiger partial charge is 0.325 e. The molecule has 0 bridgehead atoms. The molecule has 0 saturated carbocycles. The Kier molecular flexibility index (Phi) is 3.91. The lowest BCUT2D eigenvalue weighted by atomic mass is 10.1. The highest BCUT2D eigenvalue weighted by molar-refractivity contribution is 5.66. The third kappa shape index (κ3) is 3.17. The zero-order valence-electron chi connectivity index (χ0n) is 10.8. The van der Waals surface area contributed by atoms with Crippen molar-refractivity contribution in [2.24, 2.45) is 0 Å². The van der Waals surface area contributed by atoms with Crippen molar-refractivity contribution < 1.29 is 14.6 Å². The first-order valence-corrected chi connectivity index (χ1v) is 5.84. The maximum atomic E-state index is 10.6. The number of nitrogens with zero attached hydrogens (tertiary/aromatic N) is 3. The average molecular weight is 261 g/mol. The quantitative estimate of drug-likeness (QED) is 0.887. The Bertz CT molecular complexity index is 580. The van der Waals surface area contributed by atoms with Crippen molar-refractivity contribution in [3.8, 4) is 11.4 Å². The molecule has 6 heteroatoms. The third-order valence-electron chi connectivity index (χ3n) is 2.80. The Labute approximate surface area is 110 Å². The van der Waals surface area contributed by atoms with Gasteiger partial charge in [-0.15, -0.1) is 0 Å². The molecule has 0 radical (unpaired) electrons. The normalized spacial score (nSPS) is 12.3. The second-order valence-electron chi connectivity index (χ2n) is 4.16. The Balaban J connectivity index is 2.26. The van der Waals surface area contributed by atoms with Gasteiger partial charge in [0, 0.05) is 12.7 Å². The predicted octanol–water partition coefficient (Wildman–Crippen LogP) is 1.74. The van der Waals surface area contributed by atoms with E-state index in [1.165, 1.54) is 11.0 Å². The van der Waals surface area contributed by atoms with Crippen molar-refractivity contribution in [1.29, 1.82) is 0 Å². The van der Waals surface area contributed by atoms with Gasteiger partial charge < -0.3 is 9.84 Å². The van der Waals surface area contributed by atoms with E-state index in [0.717, 1.165) is 11.1 Å². The van der Waals surface area contributed by atoms with E-state index in [0.29, 0.717) is 5.82 Å². The number of carbonyl (C=O) groups is 1. The van der Waals surface area contributed by atoms with Crippen LogP contribution in [0.25, 0.3) is 11.4 Å². The predicted molar refractivity (Wildman–Crippen MR) is 68.5 cm³/mol. The fourth-order valence-electron chi connectivity index (χ4n) is 1.71. The lowest BCUT2D eigenvalue weighted by Crippen LogP contribution is -2.08. The van der Waals surface area contributed by atoms with Crippen LogP contribution >= 0.6 is 0 Å². The van der Waals surface area contributed by atoms with Crippen molar-refractivity contribution in [2.45, 2.75) is 19.6 Å². The molecule has 2 aromatic rings. The molecule has 0 saturated heterocycles. The van der Waals surface area contributed by atoms with E-state index < -0.39 is 5.97 Å². The van der Waals surface area contributed by atoms with Crippen molar-refractivity contribution in [3.05, 3.63) is 36.2 Å². The molecule has 1 atom stereocenters. The molecule has 0 aliphatic carbocycles. The summed E-state index contributed by atoms with van der Waals surface area (Å²) in [6.07, 6.45) is 1.40. The molecule has 1 N–H and O–H groups in total. The molecule has 0 unspecified atom stereocenters. The number of hydrogen-bond donors (Lipinski definition) is 1. The fraction of sp³-hybridized carbons (Fsp3) is 0.308. The second-order valence-corrected chi connectivity index (χ2v) is 4.16. The van der Waals surface area contributed by atoms with Gasteiger partial charge in [0.2, 0.25) is 0 Å². The minimum atomic E-state index is -0.946. The number of aromatic nitrogens is 3. The van der Waals surface area contributed by atoms with Gasteiger partial charge in [-0.05, 0) is 18.6 Å². The van der Waals surface area contributed by atoms with E-state index in [1.54, 1.807) is 7.11 Å². The van der Waals surface area contributed by atoms with Crippen molar-refractivity contribution in [1.82, 2.24) is 14.8 Å². The van der Waals surface area contributed by atoms with Crippen molar-refractivity contribution >= 4 is 5.97 Å². The number of rotatable bonds is 5. The molecule has 100 valence electrons. The average Bonchev–Trinajstić information content (AvgIpc) is 2.85. The van der Waals surface area contributed by atoms with E-state index in [9.17, 15) is 4.79 Å². The topological polar surface area (TPSA) is 77.2 Å². The van der Waals surface area contributed by atoms with Gasteiger partial charge in [0.05, 0.1) is 6.10 Å². The van der Waals surface area contributed by atoms with Crippen LogP contribution in [-0.2, 0) is 16.1 Å². The summed E-state index contributed by atoms with van der Waals surface area (Å²) < 4.78 is 6.56. The molecule has 6 nitrogen and oxygen atoms in total. The number of carboxylic acids is 1. The third-order valence-corrected chi connectivity index (χ3v) is 2.80. The van der Waals surface area contributed by atoms with Crippen LogP contribution in [-0.4, -0.2) is 33.0 Å². The molecular formula is C13H15N3O3. The standard InChI is InChI=1S/C13H15N3O3/c1-9(19-2)10-4-3-5-11(6-10)13-14-8-16(15-13)7-12(17)18/h3-6,8-9H,7H2,1-2H3,(H,17,18)/t9-/m1/s1. The largest absolute Gasteiger partial charge is 0.480 e. The molecule has 19 heavy (non-hydrogen) atoms. The van der Waals surface area contributed by atoms with E-state index >= 15 is 0 Å². The van der Waals surface area contributed by atoms with E-state index in [4.69, 9.17) is 9.84 Å². The summed E-state index contributed by atoms with van der Waals surface area (Å²) >= 11 is 0. The molecule has 0 aliphatic heterocycles. The number of hydrogen-bond acceptors (Lipinski definition) is 4. The summed E-state index contributed by atoms with van der Waals surface area (Å²) in [5.74, 6) is -0.440. The summed E-state index contributed by atoms with van der Waals surface area (Å²) in [4.78, 5) is 14.7. The summed E-state index contributed by atoms with van der Waals surface area (Å²) in [5.41, 5.74) is 1.86. The first kappa shape index (κ1) is 13.2. The van der Waals surface area contributed by atoms with Crippen LogP contribution in [0.5, 0.6) is 0 Å². The lowest BCUT2D eigenvalue weighted by molar-refractivity contribution is -0.137. The molecule has 1 heterocycles. The summed E-state index contributed by atoms with van der Waals surface area (Å²) in [6.45, 7) is 1.76.